The van der Waals surface area contributed by atoms with Gasteiger partial charge >= 0.3 is 0 Å². The van der Waals surface area contributed by atoms with Crippen LogP contribution in [0.1, 0.15) is 17.2 Å². The van der Waals surface area contributed by atoms with Gasteiger partial charge < -0.3 is 10.5 Å². The fourth-order valence-electron chi connectivity index (χ4n) is 1.81. The van der Waals surface area contributed by atoms with Gasteiger partial charge in [-0.25, -0.2) is 8.78 Å². The molecule has 19 heavy (non-hydrogen) atoms. The Morgan fingerprint density at radius 3 is 2.47 bits per heavy atom. The van der Waals surface area contributed by atoms with Crippen molar-refractivity contribution in [2.24, 2.45) is 5.73 Å². The second-order valence-electron chi connectivity index (χ2n) is 4.04. The van der Waals surface area contributed by atoms with Crippen LogP contribution in [0, 0.1) is 11.6 Å². The van der Waals surface area contributed by atoms with E-state index < -0.39 is 17.7 Å². The molecule has 0 aromatic heterocycles. The van der Waals surface area contributed by atoms with Crippen molar-refractivity contribution in [2.45, 2.75) is 6.04 Å². The van der Waals surface area contributed by atoms with Crippen LogP contribution < -0.4 is 10.5 Å². The van der Waals surface area contributed by atoms with E-state index in [0.29, 0.717) is 15.6 Å². The SMILES string of the molecule is COc1ccc(C(N)c2cc(Br)ccc2F)cc1F. The zero-order valence-corrected chi connectivity index (χ0v) is 11.7. The van der Waals surface area contributed by atoms with Crippen molar-refractivity contribution in [3.05, 3.63) is 63.6 Å². The molecule has 1 atom stereocenters. The number of ether oxygens (including phenoxy) is 1. The molecule has 2 nitrogen and oxygen atoms in total. The maximum absolute atomic E-state index is 13.7. The minimum Gasteiger partial charge on any atom is -0.494 e. The van der Waals surface area contributed by atoms with Gasteiger partial charge in [0, 0.05) is 10.0 Å². The summed E-state index contributed by atoms with van der Waals surface area (Å²) < 4.78 is 32.9. The van der Waals surface area contributed by atoms with Crippen LogP contribution >= 0.6 is 15.9 Å². The van der Waals surface area contributed by atoms with Gasteiger partial charge in [0.05, 0.1) is 13.2 Å². The highest BCUT2D eigenvalue weighted by atomic mass is 79.9. The zero-order chi connectivity index (χ0) is 14.0. The largest absolute Gasteiger partial charge is 0.494 e. The molecule has 0 aliphatic carbocycles. The highest BCUT2D eigenvalue weighted by Crippen LogP contribution is 2.28. The first-order valence-corrected chi connectivity index (χ1v) is 6.36. The molecule has 0 radical (unpaired) electrons. The number of halogens is 3. The van der Waals surface area contributed by atoms with Crippen molar-refractivity contribution in [1.29, 1.82) is 0 Å². The second kappa shape index (κ2) is 5.67. The predicted molar refractivity (Wildman–Crippen MR) is 73.1 cm³/mol. The van der Waals surface area contributed by atoms with Crippen molar-refractivity contribution in [3.63, 3.8) is 0 Å². The topological polar surface area (TPSA) is 35.2 Å². The molecule has 0 aliphatic heterocycles. The molecule has 0 amide bonds. The Bertz CT molecular complexity index is 604. The molecule has 0 saturated heterocycles. The van der Waals surface area contributed by atoms with E-state index in [0.717, 1.165) is 0 Å². The third kappa shape index (κ3) is 2.93. The van der Waals surface area contributed by atoms with Gasteiger partial charge in [0.2, 0.25) is 0 Å². The summed E-state index contributed by atoms with van der Waals surface area (Å²) in [4.78, 5) is 0. The summed E-state index contributed by atoms with van der Waals surface area (Å²) in [6.45, 7) is 0. The van der Waals surface area contributed by atoms with Crippen LogP contribution in [0.15, 0.2) is 40.9 Å². The number of methoxy groups -OCH3 is 1. The van der Waals surface area contributed by atoms with Gasteiger partial charge in [0.1, 0.15) is 5.82 Å². The Hall–Kier alpha value is -1.46. The molecule has 100 valence electrons. The summed E-state index contributed by atoms with van der Waals surface area (Å²) >= 11 is 3.26. The maximum atomic E-state index is 13.7. The molecule has 2 aromatic carbocycles. The summed E-state index contributed by atoms with van der Waals surface area (Å²) in [6, 6.07) is 8.09. The van der Waals surface area contributed by atoms with E-state index in [-0.39, 0.29) is 5.75 Å². The van der Waals surface area contributed by atoms with Gasteiger partial charge in [-0.3, -0.25) is 0 Å². The quantitative estimate of drug-likeness (QED) is 0.931. The fraction of sp³-hybridized carbons (Fsp3) is 0.143. The van der Waals surface area contributed by atoms with Crippen LogP contribution in [0.5, 0.6) is 5.75 Å². The van der Waals surface area contributed by atoms with Crippen LogP contribution in [0.4, 0.5) is 8.78 Å². The molecule has 2 aromatic rings. The van der Waals surface area contributed by atoms with Gasteiger partial charge in [-0.1, -0.05) is 22.0 Å². The smallest absolute Gasteiger partial charge is 0.165 e. The van der Waals surface area contributed by atoms with Crippen molar-refractivity contribution < 1.29 is 13.5 Å². The standard InChI is InChI=1S/C14H12BrF2NO/c1-19-13-5-2-8(6-12(13)17)14(18)10-7-9(15)3-4-11(10)16/h2-7,14H,18H2,1H3. The van der Waals surface area contributed by atoms with E-state index in [1.807, 2.05) is 0 Å². The molecule has 5 heteroatoms. The lowest BCUT2D eigenvalue weighted by molar-refractivity contribution is 0.386. The Morgan fingerprint density at radius 2 is 1.84 bits per heavy atom. The molecule has 2 N–H and O–H groups in total. The first kappa shape index (κ1) is 14.0. The number of rotatable bonds is 3. The normalized spacial score (nSPS) is 12.3. The zero-order valence-electron chi connectivity index (χ0n) is 10.2. The molecular formula is C14H12BrF2NO. The van der Waals surface area contributed by atoms with Crippen LogP contribution in [-0.4, -0.2) is 7.11 Å². The van der Waals surface area contributed by atoms with Crippen molar-refractivity contribution in [3.8, 4) is 5.75 Å². The van der Waals surface area contributed by atoms with Crippen molar-refractivity contribution >= 4 is 15.9 Å². The number of hydrogen-bond donors (Lipinski definition) is 1. The maximum Gasteiger partial charge on any atom is 0.165 e. The summed E-state index contributed by atoms with van der Waals surface area (Å²) in [5.41, 5.74) is 6.76. The summed E-state index contributed by atoms with van der Waals surface area (Å²) in [5.74, 6) is -0.816. The molecule has 0 spiro atoms. The van der Waals surface area contributed by atoms with Gasteiger partial charge in [-0.15, -0.1) is 0 Å². The number of benzene rings is 2. The fourth-order valence-corrected chi connectivity index (χ4v) is 2.19. The van der Waals surface area contributed by atoms with E-state index in [1.165, 1.54) is 25.3 Å². The Balaban J connectivity index is 2.41. The number of nitrogens with two attached hydrogens (primary N) is 1. The second-order valence-corrected chi connectivity index (χ2v) is 4.95. The van der Waals surface area contributed by atoms with E-state index in [4.69, 9.17) is 10.5 Å². The van der Waals surface area contributed by atoms with Crippen molar-refractivity contribution in [2.75, 3.05) is 7.11 Å². The molecule has 1 unspecified atom stereocenters. The van der Waals surface area contributed by atoms with Gasteiger partial charge in [-0.2, -0.15) is 0 Å². The van der Waals surface area contributed by atoms with E-state index in [2.05, 4.69) is 15.9 Å². The lowest BCUT2D eigenvalue weighted by atomic mass is 9.99. The van der Waals surface area contributed by atoms with E-state index >= 15 is 0 Å². The van der Waals surface area contributed by atoms with Gasteiger partial charge in [0.15, 0.2) is 11.6 Å². The van der Waals surface area contributed by atoms with Crippen LogP contribution in [0.2, 0.25) is 0 Å². The average Bonchev–Trinajstić information content (AvgIpc) is 2.40. The van der Waals surface area contributed by atoms with Crippen molar-refractivity contribution in [1.82, 2.24) is 0 Å². The van der Waals surface area contributed by atoms with E-state index in [9.17, 15) is 8.78 Å². The monoisotopic (exact) mass is 327 g/mol. The predicted octanol–water partition coefficient (Wildman–Crippen LogP) is 3.78. The summed E-state index contributed by atoms with van der Waals surface area (Å²) in [5, 5.41) is 0. The Morgan fingerprint density at radius 1 is 1.11 bits per heavy atom. The molecular weight excluding hydrogens is 316 g/mol. The Kier molecular flexibility index (Phi) is 4.17. The van der Waals surface area contributed by atoms with Crippen LogP contribution in [0.3, 0.4) is 0 Å². The summed E-state index contributed by atoms with van der Waals surface area (Å²) in [7, 11) is 1.38. The molecule has 0 bridgehead atoms. The molecule has 2 rings (SSSR count). The third-order valence-corrected chi connectivity index (χ3v) is 3.32. The lowest BCUT2D eigenvalue weighted by Gasteiger charge is -2.15. The lowest BCUT2D eigenvalue weighted by Crippen LogP contribution is -2.14. The van der Waals surface area contributed by atoms with Crippen LogP contribution in [0.25, 0.3) is 0 Å². The Labute approximate surface area is 118 Å². The minimum absolute atomic E-state index is 0.130. The minimum atomic E-state index is -0.738. The van der Waals surface area contributed by atoms with Crippen LogP contribution in [-0.2, 0) is 0 Å². The molecule has 0 saturated carbocycles. The van der Waals surface area contributed by atoms with E-state index in [1.54, 1.807) is 18.2 Å². The third-order valence-electron chi connectivity index (χ3n) is 2.83. The molecule has 0 heterocycles. The first-order valence-electron chi connectivity index (χ1n) is 5.57. The summed E-state index contributed by atoms with van der Waals surface area (Å²) in [6.07, 6.45) is 0. The highest BCUT2D eigenvalue weighted by Gasteiger charge is 2.16. The molecule has 0 fully saturated rings. The average molecular weight is 328 g/mol. The van der Waals surface area contributed by atoms with Gasteiger partial charge in [0.25, 0.3) is 0 Å². The number of hydrogen-bond acceptors (Lipinski definition) is 2. The highest BCUT2D eigenvalue weighted by molar-refractivity contribution is 9.10. The van der Waals surface area contributed by atoms with Gasteiger partial charge in [-0.05, 0) is 35.9 Å². The first-order chi connectivity index (χ1) is 9.02. The molecule has 0 aliphatic rings.